The summed E-state index contributed by atoms with van der Waals surface area (Å²) in [5.41, 5.74) is 2.42. The number of sulfonamides is 1. The Morgan fingerprint density at radius 2 is 1.87 bits per heavy atom. The SMILES string of the molecule is COc1cccnc1NC(=O)C1CCN(S(=O)(=O)c2ccc3c(c2)CCCC3)CC1. The number of hydrogen-bond acceptors (Lipinski definition) is 5. The van der Waals surface area contributed by atoms with Gasteiger partial charge >= 0.3 is 0 Å². The average Bonchev–Trinajstić information content (AvgIpc) is 2.79. The fraction of sp³-hybridized carbons (Fsp3) is 0.455. The molecule has 1 N–H and O–H groups in total. The number of fused-ring (bicyclic) bond motifs is 1. The standard InChI is InChI=1S/C22H27N3O4S/c1-29-20-7-4-12-23-21(20)24-22(26)17-10-13-25(14-11-17)30(27,28)19-9-8-16-5-2-3-6-18(16)15-19/h4,7-9,12,15,17H,2-3,5-6,10-11,13-14H2,1H3,(H,23,24,26). The van der Waals surface area contributed by atoms with E-state index in [-0.39, 0.29) is 11.8 Å². The highest BCUT2D eigenvalue weighted by Crippen LogP contribution is 2.29. The number of aromatic nitrogens is 1. The molecule has 1 aliphatic carbocycles. The summed E-state index contributed by atoms with van der Waals surface area (Å²) >= 11 is 0. The number of nitrogens with one attached hydrogen (secondary N) is 1. The number of ether oxygens (including phenoxy) is 1. The number of aryl methyl sites for hydroxylation is 2. The maximum atomic E-state index is 13.1. The van der Waals surface area contributed by atoms with Crippen LogP contribution in [-0.2, 0) is 27.7 Å². The van der Waals surface area contributed by atoms with E-state index in [0.29, 0.717) is 42.4 Å². The van der Waals surface area contributed by atoms with Gasteiger partial charge in [0.1, 0.15) is 0 Å². The van der Waals surface area contributed by atoms with Crippen molar-refractivity contribution in [3.63, 3.8) is 0 Å². The molecule has 0 saturated carbocycles. The molecule has 2 heterocycles. The summed E-state index contributed by atoms with van der Waals surface area (Å²) < 4.78 is 33.0. The Labute approximate surface area is 177 Å². The van der Waals surface area contributed by atoms with Gasteiger partial charge in [-0.05, 0) is 73.9 Å². The van der Waals surface area contributed by atoms with E-state index in [1.165, 1.54) is 23.4 Å². The third kappa shape index (κ3) is 4.20. The largest absolute Gasteiger partial charge is 0.493 e. The average molecular weight is 430 g/mol. The van der Waals surface area contributed by atoms with Gasteiger partial charge < -0.3 is 10.1 Å². The van der Waals surface area contributed by atoms with Gasteiger partial charge in [-0.15, -0.1) is 0 Å². The first-order valence-corrected chi connectivity index (χ1v) is 11.8. The van der Waals surface area contributed by atoms with Crippen molar-refractivity contribution in [3.8, 4) is 5.75 Å². The molecular formula is C22H27N3O4S. The van der Waals surface area contributed by atoms with Gasteiger partial charge in [-0.25, -0.2) is 13.4 Å². The van der Waals surface area contributed by atoms with Crippen LogP contribution in [0.3, 0.4) is 0 Å². The number of amides is 1. The summed E-state index contributed by atoms with van der Waals surface area (Å²) in [7, 11) is -2.02. The van der Waals surface area contributed by atoms with Crippen molar-refractivity contribution < 1.29 is 17.9 Å². The maximum absolute atomic E-state index is 13.1. The predicted molar refractivity (Wildman–Crippen MR) is 114 cm³/mol. The highest BCUT2D eigenvalue weighted by Gasteiger charge is 2.33. The molecule has 8 heteroatoms. The number of methoxy groups -OCH3 is 1. The molecular weight excluding hydrogens is 402 g/mol. The number of carbonyl (C=O) groups excluding carboxylic acids is 1. The summed E-state index contributed by atoms with van der Waals surface area (Å²) in [6.45, 7) is 0.660. The van der Waals surface area contributed by atoms with Crippen molar-refractivity contribution in [1.29, 1.82) is 0 Å². The van der Waals surface area contributed by atoms with Gasteiger partial charge in [-0.1, -0.05) is 6.07 Å². The van der Waals surface area contributed by atoms with Crippen LogP contribution in [0.25, 0.3) is 0 Å². The van der Waals surface area contributed by atoms with Gasteiger partial charge in [0.05, 0.1) is 12.0 Å². The molecule has 30 heavy (non-hydrogen) atoms. The van der Waals surface area contributed by atoms with Crippen LogP contribution < -0.4 is 10.1 Å². The Hall–Kier alpha value is -2.45. The number of benzene rings is 1. The van der Waals surface area contributed by atoms with Crippen molar-refractivity contribution >= 4 is 21.7 Å². The van der Waals surface area contributed by atoms with E-state index in [1.807, 2.05) is 12.1 Å². The van der Waals surface area contributed by atoms with E-state index in [0.717, 1.165) is 24.8 Å². The molecule has 0 unspecified atom stereocenters. The molecule has 0 radical (unpaired) electrons. The molecule has 7 nitrogen and oxygen atoms in total. The number of rotatable bonds is 5. The lowest BCUT2D eigenvalue weighted by Gasteiger charge is -2.31. The number of nitrogens with zero attached hydrogens (tertiary/aromatic N) is 2. The van der Waals surface area contributed by atoms with Crippen molar-refractivity contribution in [2.24, 2.45) is 5.92 Å². The quantitative estimate of drug-likeness (QED) is 0.789. The summed E-state index contributed by atoms with van der Waals surface area (Å²) in [6.07, 6.45) is 6.79. The zero-order valence-corrected chi connectivity index (χ0v) is 18.0. The normalized spacial score (nSPS) is 17.9. The van der Waals surface area contributed by atoms with Gasteiger partial charge in [-0.3, -0.25) is 4.79 Å². The van der Waals surface area contributed by atoms with Gasteiger partial charge in [0.15, 0.2) is 11.6 Å². The topological polar surface area (TPSA) is 88.6 Å². The molecule has 0 bridgehead atoms. The van der Waals surface area contributed by atoms with Crippen LogP contribution in [0.4, 0.5) is 5.82 Å². The lowest BCUT2D eigenvalue weighted by Crippen LogP contribution is -2.41. The summed E-state index contributed by atoms with van der Waals surface area (Å²) in [5.74, 6) is 0.469. The number of piperidine rings is 1. The highest BCUT2D eigenvalue weighted by molar-refractivity contribution is 7.89. The minimum absolute atomic E-state index is 0.155. The molecule has 1 amide bonds. The predicted octanol–water partition coefficient (Wildman–Crippen LogP) is 3.01. The second-order valence-corrected chi connectivity index (χ2v) is 9.80. The number of carbonyl (C=O) groups is 1. The van der Waals surface area contributed by atoms with E-state index in [2.05, 4.69) is 10.3 Å². The Morgan fingerprint density at radius 1 is 1.13 bits per heavy atom. The Balaban J connectivity index is 1.40. The van der Waals surface area contributed by atoms with Gasteiger partial charge in [0.2, 0.25) is 15.9 Å². The zero-order valence-electron chi connectivity index (χ0n) is 17.1. The molecule has 160 valence electrons. The van der Waals surface area contributed by atoms with Crippen LogP contribution in [0.15, 0.2) is 41.4 Å². The third-order valence-electron chi connectivity index (χ3n) is 6.01. The smallest absolute Gasteiger partial charge is 0.243 e. The molecule has 1 aromatic carbocycles. The Morgan fingerprint density at radius 3 is 2.60 bits per heavy atom. The molecule has 2 aromatic rings. The van der Waals surface area contributed by atoms with Crippen molar-refractivity contribution in [2.75, 3.05) is 25.5 Å². The first-order chi connectivity index (χ1) is 14.5. The molecule has 1 fully saturated rings. The maximum Gasteiger partial charge on any atom is 0.243 e. The summed E-state index contributed by atoms with van der Waals surface area (Å²) in [5, 5.41) is 2.81. The van der Waals surface area contributed by atoms with Crippen LogP contribution >= 0.6 is 0 Å². The van der Waals surface area contributed by atoms with Crippen LogP contribution in [-0.4, -0.2) is 43.8 Å². The first-order valence-electron chi connectivity index (χ1n) is 10.4. The first kappa shape index (κ1) is 20.8. The lowest BCUT2D eigenvalue weighted by molar-refractivity contribution is -0.120. The van der Waals surface area contributed by atoms with Crippen LogP contribution in [0.2, 0.25) is 0 Å². The zero-order chi connectivity index (χ0) is 21.1. The molecule has 4 rings (SSSR count). The molecule has 1 aliphatic heterocycles. The van der Waals surface area contributed by atoms with Gasteiger partial charge in [-0.2, -0.15) is 4.31 Å². The highest BCUT2D eigenvalue weighted by atomic mass is 32.2. The fourth-order valence-corrected chi connectivity index (χ4v) is 5.77. The molecule has 2 aliphatic rings. The van der Waals surface area contributed by atoms with Crippen molar-refractivity contribution in [2.45, 2.75) is 43.4 Å². The lowest BCUT2D eigenvalue weighted by atomic mass is 9.92. The third-order valence-corrected chi connectivity index (χ3v) is 7.91. The van der Waals surface area contributed by atoms with Crippen LogP contribution in [0.1, 0.15) is 36.8 Å². The molecule has 0 spiro atoms. The van der Waals surface area contributed by atoms with Gasteiger partial charge in [0, 0.05) is 25.2 Å². The van der Waals surface area contributed by atoms with E-state index in [4.69, 9.17) is 4.74 Å². The molecule has 1 aromatic heterocycles. The van der Waals surface area contributed by atoms with Crippen molar-refractivity contribution in [3.05, 3.63) is 47.7 Å². The van der Waals surface area contributed by atoms with E-state index in [9.17, 15) is 13.2 Å². The number of hydrogen-bond donors (Lipinski definition) is 1. The van der Waals surface area contributed by atoms with E-state index in [1.54, 1.807) is 24.4 Å². The molecule has 1 saturated heterocycles. The minimum Gasteiger partial charge on any atom is -0.493 e. The van der Waals surface area contributed by atoms with Crippen molar-refractivity contribution in [1.82, 2.24) is 9.29 Å². The van der Waals surface area contributed by atoms with Gasteiger partial charge in [0.25, 0.3) is 0 Å². The van der Waals surface area contributed by atoms with Crippen LogP contribution in [0, 0.1) is 5.92 Å². The number of anilines is 1. The monoisotopic (exact) mass is 429 g/mol. The fourth-order valence-electron chi connectivity index (χ4n) is 4.25. The van der Waals surface area contributed by atoms with E-state index < -0.39 is 10.0 Å². The Kier molecular flexibility index (Phi) is 6.06. The molecule has 0 atom stereocenters. The summed E-state index contributed by atoms with van der Waals surface area (Å²) in [6, 6.07) is 9.00. The second kappa shape index (κ2) is 8.73. The summed E-state index contributed by atoms with van der Waals surface area (Å²) in [4.78, 5) is 17.2. The van der Waals surface area contributed by atoms with E-state index >= 15 is 0 Å². The van der Waals surface area contributed by atoms with Crippen LogP contribution in [0.5, 0.6) is 5.75 Å². The Bertz CT molecular complexity index is 1030. The number of pyridine rings is 1. The minimum atomic E-state index is -3.54. The second-order valence-electron chi connectivity index (χ2n) is 7.86.